The van der Waals surface area contributed by atoms with Gasteiger partial charge < -0.3 is 9.32 Å². The number of carbonyl (C=O) groups is 1. The predicted octanol–water partition coefficient (Wildman–Crippen LogP) is 3.55. The third-order valence-corrected chi connectivity index (χ3v) is 3.22. The molecule has 4 heteroatoms. The second-order valence-electron chi connectivity index (χ2n) is 4.23. The standard InChI is InChI=1S/C13H22NO2P/c1-6-7-8-9-10-12(2)16-17(5)14-13(3,4)11-15/h6-11,14H,1-5H3/b7-6-,9-8-,12-10+. The van der Waals surface area contributed by atoms with Gasteiger partial charge >= 0.3 is 0 Å². The van der Waals surface area contributed by atoms with Crippen molar-refractivity contribution in [3.8, 4) is 0 Å². The van der Waals surface area contributed by atoms with Crippen LogP contribution in [0.15, 0.2) is 36.1 Å². The van der Waals surface area contributed by atoms with E-state index in [1.54, 1.807) is 0 Å². The highest BCUT2D eigenvalue weighted by Gasteiger charge is 2.19. The molecule has 1 unspecified atom stereocenters. The van der Waals surface area contributed by atoms with Gasteiger partial charge in [0.15, 0.2) is 8.30 Å². The molecule has 0 fully saturated rings. The van der Waals surface area contributed by atoms with Crippen LogP contribution in [0.1, 0.15) is 27.7 Å². The van der Waals surface area contributed by atoms with E-state index in [0.29, 0.717) is 0 Å². The van der Waals surface area contributed by atoms with Crippen LogP contribution in [0.4, 0.5) is 0 Å². The second-order valence-corrected chi connectivity index (χ2v) is 5.63. The number of allylic oxidation sites excluding steroid dienone is 6. The lowest BCUT2D eigenvalue weighted by Crippen LogP contribution is -2.37. The minimum Gasteiger partial charge on any atom is -0.463 e. The summed E-state index contributed by atoms with van der Waals surface area (Å²) in [6.07, 6.45) is 10.6. The number of hydrogen-bond acceptors (Lipinski definition) is 3. The molecule has 0 aliphatic heterocycles. The molecule has 0 heterocycles. The van der Waals surface area contributed by atoms with Gasteiger partial charge in [-0.2, -0.15) is 0 Å². The molecule has 3 nitrogen and oxygen atoms in total. The first kappa shape index (κ1) is 16.1. The average molecular weight is 255 g/mol. The van der Waals surface area contributed by atoms with E-state index >= 15 is 0 Å². The third-order valence-electron chi connectivity index (χ3n) is 1.77. The molecule has 0 amide bonds. The van der Waals surface area contributed by atoms with E-state index in [0.717, 1.165) is 12.0 Å². The maximum absolute atomic E-state index is 10.8. The van der Waals surface area contributed by atoms with Gasteiger partial charge in [0, 0.05) is 6.66 Å². The number of aldehydes is 1. The van der Waals surface area contributed by atoms with Gasteiger partial charge in [0.25, 0.3) is 0 Å². The highest BCUT2D eigenvalue weighted by atomic mass is 31.2. The molecule has 1 atom stereocenters. The zero-order valence-electron chi connectivity index (χ0n) is 11.2. The zero-order valence-corrected chi connectivity index (χ0v) is 12.1. The van der Waals surface area contributed by atoms with Crippen molar-refractivity contribution in [2.75, 3.05) is 6.66 Å². The van der Waals surface area contributed by atoms with Gasteiger partial charge in [0.05, 0.1) is 11.3 Å². The van der Waals surface area contributed by atoms with E-state index in [1.165, 1.54) is 0 Å². The summed E-state index contributed by atoms with van der Waals surface area (Å²) < 4.78 is 5.65. The summed E-state index contributed by atoms with van der Waals surface area (Å²) in [5, 5.41) is 3.13. The topological polar surface area (TPSA) is 38.3 Å². The first-order valence-electron chi connectivity index (χ1n) is 5.53. The highest BCUT2D eigenvalue weighted by molar-refractivity contribution is 7.49. The highest BCUT2D eigenvalue weighted by Crippen LogP contribution is 2.32. The van der Waals surface area contributed by atoms with Crippen LogP contribution in [0.5, 0.6) is 0 Å². The Morgan fingerprint density at radius 1 is 1.29 bits per heavy atom. The Balaban J connectivity index is 4.20. The van der Waals surface area contributed by atoms with Crippen LogP contribution < -0.4 is 5.09 Å². The lowest BCUT2D eigenvalue weighted by Gasteiger charge is -2.24. The number of rotatable bonds is 7. The monoisotopic (exact) mass is 255 g/mol. The van der Waals surface area contributed by atoms with E-state index in [1.807, 2.05) is 64.7 Å². The Morgan fingerprint density at radius 3 is 2.47 bits per heavy atom. The molecule has 0 spiro atoms. The van der Waals surface area contributed by atoms with Crippen LogP contribution in [0.25, 0.3) is 0 Å². The second kappa shape index (κ2) is 8.21. The van der Waals surface area contributed by atoms with Gasteiger partial charge in [0.2, 0.25) is 0 Å². The van der Waals surface area contributed by atoms with E-state index < -0.39 is 13.8 Å². The smallest absolute Gasteiger partial charge is 0.158 e. The third kappa shape index (κ3) is 8.84. The summed E-state index contributed by atoms with van der Waals surface area (Å²) in [6, 6.07) is 0. The largest absolute Gasteiger partial charge is 0.463 e. The maximum Gasteiger partial charge on any atom is 0.158 e. The molecular formula is C13H22NO2P. The minimum absolute atomic E-state index is 0.540. The molecule has 0 bridgehead atoms. The first-order chi connectivity index (χ1) is 7.91. The molecule has 0 aliphatic carbocycles. The quantitative estimate of drug-likeness (QED) is 0.327. The number of nitrogens with one attached hydrogen (secondary N) is 1. The van der Waals surface area contributed by atoms with Gasteiger partial charge in [-0.1, -0.05) is 24.3 Å². The van der Waals surface area contributed by atoms with Gasteiger partial charge in [-0.3, -0.25) is 5.09 Å². The van der Waals surface area contributed by atoms with Crippen molar-refractivity contribution in [2.24, 2.45) is 0 Å². The Hall–Kier alpha value is -0.920. The molecule has 0 aromatic heterocycles. The van der Waals surface area contributed by atoms with Crippen molar-refractivity contribution in [1.29, 1.82) is 0 Å². The van der Waals surface area contributed by atoms with E-state index in [9.17, 15) is 4.79 Å². The molecule has 0 saturated carbocycles. The summed E-state index contributed by atoms with van der Waals surface area (Å²) in [4.78, 5) is 10.8. The molecule has 0 aromatic carbocycles. The first-order valence-corrected chi connectivity index (χ1v) is 7.24. The molecule has 0 aliphatic rings. The van der Waals surface area contributed by atoms with Crippen LogP contribution in [-0.4, -0.2) is 18.5 Å². The summed E-state index contributed by atoms with van der Waals surface area (Å²) in [7, 11) is -0.840. The predicted molar refractivity (Wildman–Crippen MR) is 74.9 cm³/mol. The van der Waals surface area contributed by atoms with Crippen molar-refractivity contribution in [3.63, 3.8) is 0 Å². The Labute approximate surface area is 106 Å². The van der Waals surface area contributed by atoms with E-state index in [-0.39, 0.29) is 0 Å². The molecular weight excluding hydrogens is 233 g/mol. The van der Waals surface area contributed by atoms with Gasteiger partial charge in [-0.05, 0) is 33.8 Å². The van der Waals surface area contributed by atoms with E-state index in [4.69, 9.17) is 4.52 Å². The zero-order chi connectivity index (χ0) is 13.3. The van der Waals surface area contributed by atoms with Gasteiger partial charge in [0.1, 0.15) is 6.29 Å². The molecule has 96 valence electrons. The molecule has 0 aromatic rings. The van der Waals surface area contributed by atoms with Crippen molar-refractivity contribution >= 4 is 14.6 Å². The normalized spacial score (nSPS) is 15.5. The molecule has 1 N–H and O–H groups in total. The minimum atomic E-state index is -0.840. The summed E-state index contributed by atoms with van der Waals surface area (Å²) in [6.45, 7) is 9.45. The van der Waals surface area contributed by atoms with Crippen LogP contribution in [0, 0.1) is 0 Å². The Bertz CT molecular complexity index is 319. The molecule has 0 radical (unpaired) electrons. The van der Waals surface area contributed by atoms with Gasteiger partial charge in [-0.25, -0.2) is 0 Å². The number of carbonyl (C=O) groups excluding carboxylic acids is 1. The fourth-order valence-electron chi connectivity index (χ4n) is 1.07. The van der Waals surface area contributed by atoms with E-state index in [2.05, 4.69) is 5.09 Å². The van der Waals surface area contributed by atoms with Crippen LogP contribution in [-0.2, 0) is 9.32 Å². The number of hydrogen-bond donors (Lipinski definition) is 1. The Kier molecular flexibility index (Phi) is 7.77. The molecule has 0 rings (SSSR count). The fraction of sp³-hybridized carbons (Fsp3) is 0.462. The SMILES string of the molecule is C\C=C/C=C\C=C(/C)OP(C)NC(C)(C)C=O. The molecule has 17 heavy (non-hydrogen) atoms. The maximum atomic E-state index is 10.8. The lowest BCUT2D eigenvalue weighted by molar-refractivity contribution is -0.111. The summed E-state index contributed by atoms with van der Waals surface area (Å²) >= 11 is 0. The van der Waals surface area contributed by atoms with Crippen molar-refractivity contribution in [3.05, 3.63) is 36.1 Å². The molecule has 0 saturated heterocycles. The Morgan fingerprint density at radius 2 is 1.94 bits per heavy atom. The van der Waals surface area contributed by atoms with Crippen LogP contribution in [0.2, 0.25) is 0 Å². The van der Waals surface area contributed by atoms with Crippen molar-refractivity contribution in [1.82, 2.24) is 5.09 Å². The summed E-state index contributed by atoms with van der Waals surface area (Å²) in [5.41, 5.74) is -0.540. The van der Waals surface area contributed by atoms with Crippen LogP contribution in [0.3, 0.4) is 0 Å². The van der Waals surface area contributed by atoms with Crippen molar-refractivity contribution < 1.29 is 9.32 Å². The van der Waals surface area contributed by atoms with Crippen LogP contribution >= 0.6 is 8.30 Å². The van der Waals surface area contributed by atoms with Gasteiger partial charge in [-0.15, -0.1) is 0 Å². The van der Waals surface area contributed by atoms with Crippen molar-refractivity contribution in [2.45, 2.75) is 33.2 Å². The fourth-order valence-corrected chi connectivity index (χ4v) is 2.47. The average Bonchev–Trinajstić information content (AvgIpc) is 2.23. The lowest BCUT2D eigenvalue weighted by atomic mass is 10.1. The summed E-state index contributed by atoms with van der Waals surface area (Å²) in [5.74, 6) is 0.827.